The molecule has 26 heavy (non-hydrogen) atoms. The van der Waals surface area contributed by atoms with Gasteiger partial charge in [-0.25, -0.2) is 9.18 Å². The van der Waals surface area contributed by atoms with E-state index in [9.17, 15) is 14.0 Å². The highest BCUT2D eigenvalue weighted by atomic mass is 19.1. The van der Waals surface area contributed by atoms with E-state index in [1.807, 2.05) is 6.92 Å². The minimum Gasteiger partial charge on any atom is -0.378 e. The van der Waals surface area contributed by atoms with Gasteiger partial charge in [-0.15, -0.1) is 0 Å². The Bertz CT molecular complexity index is 752. The fourth-order valence-electron chi connectivity index (χ4n) is 3.65. The molecule has 138 valence electrons. The molecular formula is C19H22FN3O3. The first-order valence-corrected chi connectivity index (χ1v) is 8.99. The number of nitrogens with one attached hydrogen (secondary N) is 1. The minimum absolute atomic E-state index is 0.0919. The van der Waals surface area contributed by atoms with E-state index >= 15 is 0 Å². The van der Waals surface area contributed by atoms with E-state index in [4.69, 9.17) is 4.74 Å². The van der Waals surface area contributed by atoms with Crippen molar-refractivity contribution in [3.05, 3.63) is 46.9 Å². The largest absolute Gasteiger partial charge is 0.378 e. The molecule has 1 saturated carbocycles. The Hall–Kier alpha value is -2.41. The lowest BCUT2D eigenvalue weighted by Crippen LogP contribution is -2.51. The molecule has 0 unspecified atom stereocenters. The lowest BCUT2D eigenvalue weighted by Gasteiger charge is -2.38. The topological polar surface area (TPSA) is 61.9 Å². The van der Waals surface area contributed by atoms with Crippen molar-refractivity contribution in [1.82, 2.24) is 15.1 Å². The second-order valence-corrected chi connectivity index (χ2v) is 6.94. The van der Waals surface area contributed by atoms with Gasteiger partial charge in [0.05, 0.1) is 24.8 Å². The van der Waals surface area contributed by atoms with Crippen molar-refractivity contribution >= 4 is 11.9 Å². The summed E-state index contributed by atoms with van der Waals surface area (Å²) in [5, 5.41) is 2.95. The summed E-state index contributed by atoms with van der Waals surface area (Å²) in [7, 11) is 0. The molecule has 1 aromatic carbocycles. The second-order valence-electron chi connectivity index (χ2n) is 6.94. The summed E-state index contributed by atoms with van der Waals surface area (Å²) < 4.78 is 18.7. The molecule has 2 fully saturated rings. The summed E-state index contributed by atoms with van der Waals surface area (Å²) >= 11 is 0. The minimum atomic E-state index is -0.576. The van der Waals surface area contributed by atoms with Crippen LogP contribution in [0.1, 0.15) is 31.4 Å². The van der Waals surface area contributed by atoms with Gasteiger partial charge in [0.25, 0.3) is 5.91 Å². The molecule has 0 aromatic heterocycles. The highest BCUT2D eigenvalue weighted by Gasteiger charge is 2.43. The molecule has 1 atom stereocenters. The number of benzene rings is 1. The van der Waals surface area contributed by atoms with Crippen molar-refractivity contribution in [2.75, 3.05) is 26.3 Å². The number of hydrogen-bond donors (Lipinski definition) is 1. The van der Waals surface area contributed by atoms with E-state index in [0.717, 1.165) is 12.8 Å². The van der Waals surface area contributed by atoms with Crippen LogP contribution in [0.2, 0.25) is 0 Å². The maximum atomic E-state index is 13.3. The first-order valence-electron chi connectivity index (χ1n) is 8.99. The summed E-state index contributed by atoms with van der Waals surface area (Å²) in [6, 6.07) is 5.32. The zero-order chi connectivity index (χ0) is 18.3. The molecule has 1 saturated heterocycles. The van der Waals surface area contributed by atoms with Crippen molar-refractivity contribution in [1.29, 1.82) is 0 Å². The third-order valence-corrected chi connectivity index (χ3v) is 5.17. The van der Waals surface area contributed by atoms with Crippen LogP contribution < -0.4 is 5.32 Å². The van der Waals surface area contributed by atoms with Crippen LogP contribution in [-0.4, -0.2) is 54.1 Å². The summed E-state index contributed by atoms with van der Waals surface area (Å²) in [5.74, 6) is -0.442. The number of morpholine rings is 1. The molecule has 0 bridgehead atoms. The van der Waals surface area contributed by atoms with Gasteiger partial charge in [-0.2, -0.15) is 0 Å². The lowest BCUT2D eigenvalue weighted by atomic mass is 9.93. The van der Waals surface area contributed by atoms with E-state index in [0.29, 0.717) is 43.1 Å². The number of hydrogen-bond acceptors (Lipinski definition) is 3. The van der Waals surface area contributed by atoms with Crippen LogP contribution in [0.25, 0.3) is 0 Å². The summed E-state index contributed by atoms with van der Waals surface area (Å²) in [5.41, 5.74) is 1.96. The second kappa shape index (κ2) is 6.72. The van der Waals surface area contributed by atoms with Gasteiger partial charge in [0, 0.05) is 24.8 Å². The van der Waals surface area contributed by atoms with Crippen molar-refractivity contribution in [2.45, 2.75) is 31.8 Å². The van der Waals surface area contributed by atoms with Crippen LogP contribution >= 0.6 is 0 Å². The first-order chi connectivity index (χ1) is 12.6. The predicted molar refractivity (Wildman–Crippen MR) is 92.6 cm³/mol. The lowest BCUT2D eigenvalue weighted by molar-refractivity contribution is -0.131. The highest BCUT2D eigenvalue weighted by Crippen LogP contribution is 2.38. The number of amides is 3. The van der Waals surface area contributed by atoms with Gasteiger partial charge in [-0.1, -0.05) is 12.1 Å². The SMILES string of the molecule is CC1=C(C(=O)N2CCOCC2)[C@@H](c2ccc(F)cc2)NC(=O)N1C1CC1. The molecule has 6 nitrogen and oxygen atoms in total. The zero-order valence-electron chi connectivity index (χ0n) is 14.7. The van der Waals surface area contributed by atoms with Crippen LogP contribution in [0.3, 0.4) is 0 Å². The van der Waals surface area contributed by atoms with E-state index in [2.05, 4.69) is 5.32 Å². The maximum absolute atomic E-state index is 13.3. The molecule has 1 aliphatic carbocycles. The molecule has 0 spiro atoms. The van der Waals surface area contributed by atoms with Gasteiger partial charge in [-0.05, 0) is 37.5 Å². The smallest absolute Gasteiger partial charge is 0.322 e. The normalized spacial score (nSPS) is 23.9. The van der Waals surface area contributed by atoms with Crippen LogP contribution in [-0.2, 0) is 9.53 Å². The average Bonchev–Trinajstić information content (AvgIpc) is 3.47. The molecule has 1 N–H and O–H groups in total. The Morgan fingerprint density at radius 2 is 1.85 bits per heavy atom. The Labute approximate surface area is 151 Å². The monoisotopic (exact) mass is 359 g/mol. The Morgan fingerprint density at radius 1 is 1.19 bits per heavy atom. The van der Waals surface area contributed by atoms with Gasteiger partial charge in [-0.3, -0.25) is 9.69 Å². The first kappa shape index (κ1) is 17.0. The molecule has 1 aromatic rings. The molecule has 0 radical (unpaired) electrons. The van der Waals surface area contributed by atoms with Crippen molar-refractivity contribution in [3.63, 3.8) is 0 Å². The average molecular weight is 359 g/mol. The molecular weight excluding hydrogens is 337 g/mol. The quantitative estimate of drug-likeness (QED) is 0.900. The fraction of sp³-hybridized carbons (Fsp3) is 0.474. The van der Waals surface area contributed by atoms with Crippen LogP contribution in [0.15, 0.2) is 35.5 Å². The number of ether oxygens (including phenoxy) is 1. The fourth-order valence-corrected chi connectivity index (χ4v) is 3.65. The van der Waals surface area contributed by atoms with Gasteiger partial charge < -0.3 is 15.0 Å². The molecule has 7 heteroatoms. The van der Waals surface area contributed by atoms with Crippen LogP contribution in [0.4, 0.5) is 9.18 Å². The third kappa shape index (κ3) is 3.07. The summed E-state index contributed by atoms with van der Waals surface area (Å²) in [4.78, 5) is 29.4. The predicted octanol–water partition coefficient (Wildman–Crippen LogP) is 2.19. The Kier molecular flexibility index (Phi) is 4.40. The Morgan fingerprint density at radius 3 is 2.46 bits per heavy atom. The van der Waals surface area contributed by atoms with Gasteiger partial charge >= 0.3 is 6.03 Å². The number of urea groups is 1. The van der Waals surface area contributed by atoms with Crippen LogP contribution in [0, 0.1) is 5.82 Å². The molecule has 3 aliphatic rings. The number of nitrogens with zero attached hydrogens (tertiary/aromatic N) is 2. The van der Waals surface area contributed by atoms with Crippen LogP contribution in [0.5, 0.6) is 0 Å². The third-order valence-electron chi connectivity index (χ3n) is 5.17. The number of rotatable bonds is 3. The van der Waals surface area contributed by atoms with E-state index < -0.39 is 6.04 Å². The van der Waals surface area contributed by atoms with Gasteiger partial charge in [0.15, 0.2) is 0 Å². The molecule has 2 aliphatic heterocycles. The van der Waals surface area contributed by atoms with Gasteiger partial charge in [0.2, 0.25) is 0 Å². The van der Waals surface area contributed by atoms with Crippen molar-refractivity contribution in [2.24, 2.45) is 0 Å². The van der Waals surface area contributed by atoms with E-state index in [1.165, 1.54) is 12.1 Å². The summed E-state index contributed by atoms with van der Waals surface area (Å²) in [6.45, 7) is 3.92. The molecule has 4 rings (SSSR count). The number of carbonyl (C=O) groups excluding carboxylic acids is 2. The summed E-state index contributed by atoms with van der Waals surface area (Å²) in [6.07, 6.45) is 1.90. The van der Waals surface area contributed by atoms with Crippen molar-refractivity contribution in [3.8, 4) is 0 Å². The molecule has 2 heterocycles. The Balaban J connectivity index is 1.74. The van der Waals surface area contributed by atoms with Gasteiger partial charge in [0.1, 0.15) is 5.82 Å². The van der Waals surface area contributed by atoms with E-state index in [1.54, 1.807) is 21.9 Å². The van der Waals surface area contributed by atoms with E-state index in [-0.39, 0.29) is 23.8 Å². The zero-order valence-corrected chi connectivity index (χ0v) is 14.7. The standard InChI is InChI=1S/C19H22FN3O3/c1-12-16(18(24)22-8-10-26-11-9-22)17(13-2-4-14(20)5-3-13)21-19(25)23(12)15-6-7-15/h2-5,15,17H,6-11H2,1H3,(H,21,25)/t17-/m1/s1. The number of halogens is 1. The number of carbonyl (C=O) groups is 2. The maximum Gasteiger partial charge on any atom is 0.322 e. The molecule has 3 amide bonds. The van der Waals surface area contributed by atoms with Crippen molar-refractivity contribution < 1.29 is 18.7 Å². The highest BCUT2D eigenvalue weighted by molar-refractivity contribution is 5.98. The number of allylic oxidation sites excluding steroid dienone is 1.